The molecule has 3 rings (SSSR count). The number of ether oxygens (including phenoxy) is 3. The third-order valence-electron chi connectivity index (χ3n) is 3.32. The van der Waals surface area contributed by atoms with Crippen LogP contribution in [0.25, 0.3) is 6.08 Å². The van der Waals surface area contributed by atoms with Crippen molar-refractivity contribution in [1.29, 1.82) is 0 Å². The second-order valence-corrected chi connectivity index (χ2v) is 4.85. The largest absolute Gasteiger partial charge is 0.497 e. The second-order valence-electron chi connectivity index (χ2n) is 4.85. The number of carbonyl (C=O) groups excluding carboxylic acids is 1. The zero-order valence-electron chi connectivity index (χ0n) is 12.8. The van der Waals surface area contributed by atoms with Crippen molar-refractivity contribution in [3.8, 4) is 11.5 Å². The number of nitrogens with zero attached hydrogens (tertiary/aromatic N) is 1. The van der Waals surface area contributed by atoms with Crippen molar-refractivity contribution in [1.82, 2.24) is 0 Å². The molecule has 5 nitrogen and oxygen atoms in total. The van der Waals surface area contributed by atoms with E-state index in [0.717, 1.165) is 11.1 Å². The molecular formula is C18H15NO4. The molecule has 0 saturated carbocycles. The first-order chi connectivity index (χ1) is 11.2. The first-order valence-electron chi connectivity index (χ1n) is 7.00. The molecule has 0 saturated heterocycles. The van der Waals surface area contributed by atoms with E-state index in [9.17, 15) is 4.79 Å². The summed E-state index contributed by atoms with van der Waals surface area (Å²) in [6, 6.07) is 14.6. The number of esters is 1. The predicted octanol–water partition coefficient (Wildman–Crippen LogP) is 3.05. The molecule has 0 N–H and O–H groups in total. The number of hydrogen-bond donors (Lipinski definition) is 0. The van der Waals surface area contributed by atoms with Gasteiger partial charge in [-0.05, 0) is 35.9 Å². The Morgan fingerprint density at radius 3 is 2.26 bits per heavy atom. The Morgan fingerprint density at radius 1 is 1.00 bits per heavy atom. The van der Waals surface area contributed by atoms with Crippen LogP contribution in [0.4, 0.5) is 0 Å². The highest BCUT2D eigenvalue weighted by Gasteiger charge is 2.24. The van der Waals surface area contributed by atoms with Gasteiger partial charge in [-0.15, -0.1) is 0 Å². The molecule has 0 bridgehead atoms. The number of rotatable bonds is 4. The Hall–Kier alpha value is -3.08. The molecule has 116 valence electrons. The number of carbonyl (C=O) groups is 1. The maximum atomic E-state index is 12.0. The minimum Gasteiger partial charge on any atom is -0.497 e. The van der Waals surface area contributed by atoms with E-state index in [1.807, 2.05) is 30.3 Å². The lowest BCUT2D eigenvalue weighted by molar-refractivity contribution is -0.129. The molecule has 0 fully saturated rings. The van der Waals surface area contributed by atoms with Crippen LogP contribution < -0.4 is 9.47 Å². The summed E-state index contributed by atoms with van der Waals surface area (Å²) in [5.41, 5.74) is 1.73. The topological polar surface area (TPSA) is 57.1 Å². The Labute approximate surface area is 133 Å². The highest BCUT2D eigenvalue weighted by molar-refractivity contribution is 6.12. The molecule has 2 aromatic rings. The van der Waals surface area contributed by atoms with E-state index in [2.05, 4.69) is 4.99 Å². The van der Waals surface area contributed by atoms with Crippen LogP contribution in [0, 0.1) is 0 Å². The van der Waals surface area contributed by atoms with Crippen LogP contribution in [0.2, 0.25) is 0 Å². The fourth-order valence-electron chi connectivity index (χ4n) is 2.18. The quantitative estimate of drug-likeness (QED) is 0.643. The highest BCUT2D eigenvalue weighted by Crippen LogP contribution is 2.26. The van der Waals surface area contributed by atoms with Gasteiger partial charge >= 0.3 is 5.97 Å². The van der Waals surface area contributed by atoms with Gasteiger partial charge in [-0.1, -0.05) is 18.2 Å². The summed E-state index contributed by atoms with van der Waals surface area (Å²) < 4.78 is 15.7. The van der Waals surface area contributed by atoms with Crippen LogP contribution in [0.5, 0.6) is 11.5 Å². The predicted molar refractivity (Wildman–Crippen MR) is 86.6 cm³/mol. The van der Waals surface area contributed by atoms with E-state index >= 15 is 0 Å². The molecule has 5 heteroatoms. The van der Waals surface area contributed by atoms with Crippen molar-refractivity contribution in [3.63, 3.8) is 0 Å². The SMILES string of the molecule is COc1cc(/C=C2/N=C(c3ccccc3)OC2=O)cc(OC)c1. The zero-order valence-corrected chi connectivity index (χ0v) is 12.8. The minimum atomic E-state index is -0.481. The third-order valence-corrected chi connectivity index (χ3v) is 3.32. The lowest BCUT2D eigenvalue weighted by Crippen LogP contribution is -2.04. The van der Waals surface area contributed by atoms with E-state index in [4.69, 9.17) is 14.2 Å². The fraction of sp³-hybridized carbons (Fsp3) is 0.111. The normalized spacial score (nSPS) is 15.3. The standard InChI is InChI=1S/C18H15NO4/c1-21-14-8-12(9-15(11-14)22-2)10-16-18(20)23-17(19-16)13-6-4-3-5-7-13/h3-11H,1-2H3/b16-10+. The number of hydrogen-bond acceptors (Lipinski definition) is 5. The van der Waals surface area contributed by atoms with Gasteiger partial charge in [-0.3, -0.25) is 0 Å². The Balaban J connectivity index is 1.96. The van der Waals surface area contributed by atoms with Gasteiger partial charge in [0, 0.05) is 11.6 Å². The fourth-order valence-corrected chi connectivity index (χ4v) is 2.18. The minimum absolute atomic E-state index is 0.235. The van der Waals surface area contributed by atoms with Gasteiger partial charge < -0.3 is 14.2 Å². The first kappa shape index (κ1) is 14.8. The number of aliphatic imine (C=N–C) groups is 1. The summed E-state index contributed by atoms with van der Waals surface area (Å²) in [7, 11) is 3.14. The van der Waals surface area contributed by atoms with E-state index < -0.39 is 5.97 Å². The molecule has 1 heterocycles. The van der Waals surface area contributed by atoms with Crippen molar-refractivity contribution < 1.29 is 19.0 Å². The first-order valence-corrected chi connectivity index (χ1v) is 7.00. The van der Waals surface area contributed by atoms with Gasteiger partial charge in [0.05, 0.1) is 14.2 Å². The summed E-state index contributed by atoms with van der Waals surface area (Å²) in [6.45, 7) is 0. The molecule has 23 heavy (non-hydrogen) atoms. The Kier molecular flexibility index (Phi) is 4.10. The molecule has 0 spiro atoms. The molecule has 1 aliphatic heterocycles. The molecule has 0 radical (unpaired) electrons. The lowest BCUT2D eigenvalue weighted by atomic mass is 10.1. The van der Waals surface area contributed by atoms with Gasteiger partial charge in [-0.25, -0.2) is 9.79 Å². The number of cyclic esters (lactones) is 1. The van der Waals surface area contributed by atoms with Crippen molar-refractivity contribution in [2.45, 2.75) is 0 Å². The summed E-state index contributed by atoms with van der Waals surface area (Å²) in [5.74, 6) is 1.09. The van der Waals surface area contributed by atoms with Gasteiger partial charge in [0.25, 0.3) is 0 Å². The van der Waals surface area contributed by atoms with E-state index in [0.29, 0.717) is 17.4 Å². The van der Waals surface area contributed by atoms with E-state index in [1.165, 1.54) is 0 Å². The lowest BCUT2D eigenvalue weighted by Gasteiger charge is -2.05. The van der Waals surface area contributed by atoms with Gasteiger partial charge in [0.1, 0.15) is 11.5 Å². The van der Waals surface area contributed by atoms with Gasteiger partial charge in [0.2, 0.25) is 5.90 Å². The van der Waals surface area contributed by atoms with Gasteiger partial charge in [-0.2, -0.15) is 0 Å². The summed E-state index contributed by atoms with van der Waals surface area (Å²) in [4.78, 5) is 16.3. The second kappa shape index (κ2) is 6.36. The molecule has 0 unspecified atom stereocenters. The van der Waals surface area contributed by atoms with Crippen molar-refractivity contribution in [3.05, 3.63) is 65.4 Å². The van der Waals surface area contributed by atoms with Crippen LogP contribution in [0.15, 0.2) is 59.2 Å². The molecule has 0 aliphatic carbocycles. The van der Waals surface area contributed by atoms with Crippen LogP contribution in [0.1, 0.15) is 11.1 Å². The van der Waals surface area contributed by atoms with Crippen molar-refractivity contribution >= 4 is 17.9 Å². The average Bonchev–Trinajstić information content (AvgIpc) is 2.96. The summed E-state index contributed by atoms with van der Waals surface area (Å²) >= 11 is 0. The summed E-state index contributed by atoms with van der Waals surface area (Å²) in [5, 5.41) is 0. The van der Waals surface area contributed by atoms with Crippen LogP contribution >= 0.6 is 0 Å². The molecule has 0 atom stereocenters. The Morgan fingerprint density at radius 2 is 1.65 bits per heavy atom. The molecule has 2 aromatic carbocycles. The molecular weight excluding hydrogens is 294 g/mol. The molecule has 0 amide bonds. The van der Waals surface area contributed by atoms with Crippen LogP contribution in [-0.4, -0.2) is 26.1 Å². The maximum absolute atomic E-state index is 12.0. The van der Waals surface area contributed by atoms with Crippen molar-refractivity contribution in [2.75, 3.05) is 14.2 Å². The zero-order chi connectivity index (χ0) is 16.2. The van der Waals surface area contributed by atoms with E-state index in [1.54, 1.807) is 38.5 Å². The molecule has 1 aliphatic rings. The highest BCUT2D eigenvalue weighted by atomic mass is 16.6. The average molecular weight is 309 g/mol. The third kappa shape index (κ3) is 3.23. The number of methoxy groups -OCH3 is 2. The van der Waals surface area contributed by atoms with E-state index in [-0.39, 0.29) is 5.70 Å². The number of benzene rings is 2. The van der Waals surface area contributed by atoms with Crippen LogP contribution in [-0.2, 0) is 9.53 Å². The Bertz CT molecular complexity index is 772. The smallest absolute Gasteiger partial charge is 0.363 e. The van der Waals surface area contributed by atoms with Crippen molar-refractivity contribution in [2.24, 2.45) is 4.99 Å². The monoisotopic (exact) mass is 309 g/mol. The summed E-state index contributed by atoms with van der Waals surface area (Å²) in [6.07, 6.45) is 1.64. The van der Waals surface area contributed by atoms with Crippen LogP contribution in [0.3, 0.4) is 0 Å². The van der Waals surface area contributed by atoms with Gasteiger partial charge in [0.15, 0.2) is 5.70 Å². The molecule has 0 aromatic heterocycles. The maximum Gasteiger partial charge on any atom is 0.363 e.